The van der Waals surface area contributed by atoms with Crippen LogP contribution in [0, 0.1) is 0 Å². The number of carboxylic acid groups (broad SMARTS) is 1. The van der Waals surface area contributed by atoms with Gasteiger partial charge in [0.05, 0.1) is 12.2 Å². The van der Waals surface area contributed by atoms with Gasteiger partial charge >= 0.3 is 5.97 Å². The van der Waals surface area contributed by atoms with Crippen molar-refractivity contribution in [3.63, 3.8) is 0 Å². The highest BCUT2D eigenvalue weighted by Crippen LogP contribution is 2.19. The molecule has 0 unspecified atom stereocenters. The third-order valence-electron chi connectivity index (χ3n) is 4.06. The maximum absolute atomic E-state index is 12.9. The van der Waals surface area contributed by atoms with Gasteiger partial charge in [0.15, 0.2) is 5.69 Å². The summed E-state index contributed by atoms with van der Waals surface area (Å²) in [5.74, 6) is -1.05. The number of fused-ring (bicyclic) bond motifs is 1. The lowest BCUT2D eigenvalue weighted by Gasteiger charge is -2.25. The molecule has 8 heteroatoms. The van der Waals surface area contributed by atoms with Gasteiger partial charge in [0.1, 0.15) is 6.04 Å². The Balaban J connectivity index is 1.82. The quantitative estimate of drug-likeness (QED) is 0.913. The molecule has 1 aliphatic rings. The molecule has 3 rings (SSSR count). The lowest BCUT2D eigenvalue weighted by Crippen LogP contribution is -2.37. The third kappa shape index (κ3) is 2.96. The smallest absolute Gasteiger partial charge is 0.356 e. The molecular weight excluding hydrogens is 298 g/mol. The Morgan fingerprint density at radius 3 is 2.87 bits per heavy atom. The van der Waals surface area contributed by atoms with Crippen LogP contribution in [0.25, 0.3) is 0 Å². The molecule has 2 aromatic heterocycles. The minimum atomic E-state index is -1.05. The Kier molecular flexibility index (Phi) is 4.14. The topological polar surface area (TPSA) is 93.3 Å². The largest absolute Gasteiger partial charge is 0.476 e. The highest BCUT2D eigenvalue weighted by Gasteiger charge is 2.27. The summed E-state index contributed by atoms with van der Waals surface area (Å²) in [5.41, 5.74) is 0.775. The van der Waals surface area contributed by atoms with E-state index in [2.05, 4.69) is 10.2 Å². The fraction of sp³-hybridized carbons (Fsp3) is 0.467. The Hall–Kier alpha value is -2.64. The van der Waals surface area contributed by atoms with E-state index in [1.54, 1.807) is 38.8 Å². The number of nitrogens with zero attached hydrogens (tertiary/aromatic N) is 5. The average molecular weight is 317 g/mol. The van der Waals surface area contributed by atoms with Crippen LogP contribution >= 0.6 is 0 Å². The normalized spacial score (nSPS) is 15.8. The van der Waals surface area contributed by atoms with E-state index in [4.69, 9.17) is 5.11 Å². The van der Waals surface area contributed by atoms with E-state index in [1.165, 1.54) is 0 Å². The van der Waals surface area contributed by atoms with E-state index < -0.39 is 5.97 Å². The summed E-state index contributed by atoms with van der Waals surface area (Å²) in [4.78, 5) is 25.7. The van der Waals surface area contributed by atoms with Crippen molar-refractivity contribution in [3.05, 3.63) is 35.9 Å². The molecule has 1 aliphatic heterocycles. The molecule has 122 valence electrons. The van der Waals surface area contributed by atoms with Crippen LogP contribution in [0.1, 0.15) is 42.0 Å². The Labute approximate surface area is 133 Å². The summed E-state index contributed by atoms with van der Waals surface area (Å²) >= 11 is 0. The fourth-order valence-corrected chi connectivity index (χ4v) is 2.91. The van der Waals surface area contributed by atoms with Gasteiger partial charge in [-0.3, -0.25) is 14.2 Å². The monoisotopic (exact) mass is 317 g/mol. The highest BCUT2D eigenvalue weighted by molar-refractivity contribution is 5.85. The van der Waals surface area contributed by atoms with Crippen molar-refractivity contribution in [1.82, 2.24) is 24.5 Å². The van der Waals surface area contributed by atoms with Crippen LogP contribution in [0.15, 0.2) is 24.5 Å². The Morgan fingerprint density at radius 1 is 1.39 bits per heavy atom. The van der Waals surface area contributed by atoms with Crippen molar-refractivity contribution in [3.8, 4) is 0 Å². The number of carboxylic acids is 1. The number of aryl methyl sites for hydroxylation is 1. The molecule has 1 atom stereocenters. The summed E-state index contributed by atoms with van der Waals surface area (Å²) in [7, 11) is 0. The first-order valence-corrected chi connectivity index (χ1v) is 7.68. The van der Waals surface area contributed by atoms with Crippen LogP contribution in [0.3, 0.4) is 0 Å². The van der Waals surface area contributed by atoms with Crippen LogP contribution in [0.5, 0.6) is 0 Å². The van der Waals surface area contributed by atoms with Crippen molar-refractivity contribution in [1.29, 1.82) is 0 Å². The number of rotatable bonds is 4. The summed E-state index contributed by atoms with van der Waals surface area (Å²) in [6.45, 7) is 3.57. The molecule has 0 saturated heterocycles. The average Bonchev–Trinajstić information content (AvgIpc) is 3.14. The van der Waals surface area contributed by atoms with Gasteiger partial charge < -0.3 is 10.0 Å². The number of aromatic nitrogens is 4. The number of carbonyl (C=O) groups is 2. The highest BCUT2D eigenvalue weighted by atomic mass is 16.4. The molecule has 1 amide bonds. The predicted octanol–water partition coefficient (Wildman–Crippen LogP) is 1.16. The van der Waals surface area contributed by atoms with Gasteiger partial charge in [-0.1, -0.05) is 6.92 Å². The molecule has 0 bridgehead atoms. The van der Waals surface area contributed by atoms with Crippen LogP contribution in [-0.4, -0.2) is 48.0 Å². The molecule has 0 spiro atoms. The van der Waals surface area contributed by atoms with Gasteiger partial charge in [-0.05, 0) is 25.0 Å². The zero-order valence-corrected chi connectivity index (χ0v) is 12.9. The maximum atomic E-state index is 12.9. The van der Waals surface area contributed by atoms with Crippen molar-refractivity contribution < 1.29 is 14.7 Å². The second-order valence-electron chi connectivity index (χ2n) is 5.57. The van der Waals surface area contributed by atoms with Crippen molar-refractivity contribution >= 4 is 11.9 Å². The summed E-state index contributed by atoms with van der Waals surface area (Å²) in [6, 6.07) is 3.01. The molecule has 1 N–H and O–H groups in total. The van der Waals surface area contributed by atoms with Gasteiger partial charge in [0, 0.05) is 25.5 Å². The van der Waals surface area contributed by atoms with E-state index >= 15 is 0 Å². The second-order valence-corrected chi connectivity index (χ2v) is 5.57. The molecule has 8 nitrogen and oxygen atoms in total. The lowest BCUT2D eigenvalue weighted by molar-refractivity contribution is -0.135. The first-order chi connectivity index (χ1) is 11.1. The second kappa shape index (κ2) is 6.23. The maximum Gasteiger partial charge on any atom is 0.356 e. The van der Waals surface area contributed by atoms with Gasteiger partial charge in [-0.25, -0.2) is 4.79 Å². The van der Waals surface area contributed by atoms with E-state index in [9.17, 15) is 9.59 Å². The van der Waals surface area contributed by atoms with Crippen LogP contribution in [-0.2, 0) is 17.9 Å². The number of aromatic carboxylic acids is 1. The summed E-state index contributed by atoms with van der Waals surface area (Å²) in [5, 5.41) is 17.3. The zero-order chi connectivity index (χ0) is 16.4. The summed E-state index contributed by atoms with van der Waals surface area (Å²) in [6.07, 6.45) is 4.84. The van der Waals surface area contributed by atoms with Crippen LogP contribution in [0.4, 0.5) is 0 Å². The molecular formula is C15H19N5O3. The molecule has 2 aromatic rings. The van der Waals surface area contributed by atoms with Gasteiger partial charge in [-0.15, -0.1) is 0 Å². The number of carbonyl (C=O) groups excluding carboxylic acids is 1. The molecule has 0 radical (unpaired) electrons. The predicted molar refractivity (Wildman–Crippen MR) is 80.8 cm³/mol. The molecule has 0 aromatic carbocycles. The molecule has 0 saturated carbocycles. The minimum absolute atomic E-state index is 0.00252. The van der Waals surface area contributed by atoms with Crippen molar-refractivity contribution in [2.24, 2.45) is 0 Å². The number of amides is 1. The lowest BCUT2D eigenvalue weighted by atomic mass is 10.2. The van der Waals surface area contributed by atoms with E-state index in [0.717, 1.165) is 12.1 Å². The Morgan fingerprint density at radius 2 is 2.22 bits per heavy atom. The van der Waals surface area contributed by atoms with Crippen LogP contribution in [0.2, 0.25) is 0 Å². The first kappa shape index (κ1) is 15.3. The van der Waals surface area contributed by atoms with Crippen LogP contribution < -0.4 is 0 Å². The van der Waals surface area contributed by atoms with Crippen molar-refractivity contribution in [2.75, 3.05) is 6.54 Å². The van der Waals surface area contributed by atoms with E-state index in [0.29, 0.717) is 26.1 Å². The third-order valence-corrected chi connectivity index (χ3v) is 4.06. The van der Waals surface area contributed by atoms with E-state index in [-0.39, 0.29) is 17.6 Å². The SMILES string of the molecule is CC[C@@H](C(=O)N1CCCn2nc(C(=O)O)cc2C1)n1cccn1. The summed E-state index contributed by atoms with van der Waals surface area (Å²) < 4.78 is 3.36. The number of hydrogen-bond donors (Lipinski definition) is 1. The van der Waals surface area contributed by atoms with Gasteiger partial charge in [0.25, 0.3) is 0 Å². The number of hydrogen-bond acceptors (Lipinski definition) is 4. The fourth-order valence-electron chi connectivity index (χ4n) is 2.91. The molecule has 0 aliphatic carbocycles. The zero-order valence-electron chi connectivity index (χ0n) is 12.9. The van der Waals surface area contributed by atoms with Gasteiger partial charge in [-0.2, -0.15) is 10.2 Å². The first-order valence-electron chi connectivity index (χ1n) is 7.68. The molecule has 23 heavy (non-hydrogen) atoms. The Bertz CT molecular complexity index is 707. The standard InChI is InChI=1S/C15H19N5O3/c1-2-13(20-7-3-5-16-20)14(21)18-6-4-8-19-11(10-18)9-12(17-19)15(22)23/h3,5,7,9,13H,2,4,6,8,10H2,1H3,(H,22,23)/t13-/m0/s1. The van der Waals surface area contributed by atoms with E-state index in [1.807, 2.05) is 6.92 Å². The molecule has 0 fully saturated rings. The van der Waals surface area contributed by atoms with Gasteiger partial charge in [0.2, 0.25) is 5.91 Å². The molecule has 3 heterocycles. The van der Waals surface area contributed by atoms with Crippen molar-refractivity contribution in [2.45, 2.75) is 38.9 Å². The minimum Gasteiger partial charge on any atom is -0.476 e.